The summed E-state index contributed by atoms with van der Waals surface area (Å²) in [5.74, 6) is 0.760. The quantitative estimate of drug-likeness (QED) is 0.784. The van der Waals surface area contributed by atoms with Crippen molar-refractivity contribution in [3.05, 3.63) is 35.6 Å². The highest BCUT2D eigenvalue weighted by molar-refractivity contribution is 5.82. The zero-order valence-electron chi connectivity index (χ0n) is 11.8. The van der Waals surface area contributed by atoms with Gasteiger partial charge in [-0.15, -0.1) is 0 Å². The highest BCUT2D eigenvalue weighted by Crippen LogP contribution is 2.24. The van der Waals surface area contributed by atoms with Crippen LogP contribution in [0.2, 0.25) is 0 Å². The van der Waals surface area contributed by atoms with Crippen LogP contribution in [0.3, 0.4) is 0 Å². The van der Waals surface area contributed by atoms with Crippen LogP contribution < -0.4 is 10.6 Å². The molecule has 0 aliphatic heterocycles. The lowest BCUT2D eigenvalue weighted by Gasteiger charge is -2.12. The van der Waals surface area contributed by atoms with E-state index < -0.39 is 0 Å². The van der Waals surface area contributed by atoms with Gasteiger partial charge in [-0.1, -0.05) is 18.2 Å². The largest absolute Gasteiger partial charge is 0.459 e. The van der Waals surface area contributed by atoms with E-state index in [0.29, 0.717) is 13.0 Å². The van der Waals surface area contributed by atoms with Crippen LogP contribution in [0.25, 0.3) is 11.0 Å². The van der Waals surface area contributed by atoms with Crippen molar-refractivity contribution in [1.82, 2.24) is 10.6 Å². The van der Waals surface area contributed by atoms with Crippen LogP contribution in [0.4, 0.5) is 4.79 Å². The Morgan fingerprint density at radius 1 is 1.40 bits per heavy atom. The number of aryl methyl sites for hydroxylation is 1. The summed E-state index contributed by atoms with van der Waals surface area (Å²) >= 11 is 0. The molecule has 2 aromatic rings. The monoisotopic (exact) mass is 276 g/mol. The van der Waals surface area contributed by atoms with E-state index in [1.165, 1.54) is 0 Å². The number of carbonyl (C=O) groups excluding carboxylic acids is 1. The average molecular weight is 276 g/mol. The molecule has 0 saturated carbocycles. The van der Waals surface area contributed by atoms with Crippen molar-refractivity contribution in [2.45, 2.75) is 32.9 Å². The molecule has 2 amide bonds. The maximum absolute atomic E-state index is 11.7. The van der Waals surface area contributed by atoms with Gasteiger partial charge in [0, 0.05) is 23.6 Å². The number of fused-ring (bicyclic) bond motifs is 1. The fraction of sp³-hybridized carbons (Fsp3) is 0.400. The van der Waals surface area contributed by atoms with E-state index in [2.05, 4.69) is 10.6 Å². The highest BCUT2D eigenvalue weighted by Gasteiger charge is 2.11. The molecule has 20 heavy (non-hydrogen) atoms. The first-order valence-corrected chi connectivity index (χ1v) is 6.74. The van der Waals surface area contributed by atoms with Gasteiger partial charge in [-0.3, -0.25) is 0 Å². The molecule has 1 aromatic heterocycles. The second-order valence-corrected chi connectivity index (χ2v) is 4.89. The molecule has 1 atom stereocenters. The third-order valence-corrected chi connectivity index (χ3v) is 3.29. The van der Waals surface area contributed by atoms with Crippen molar-refractivity contribution in [3.8, 4) is 0 Å². The average Bonchev–Trinajstić information content (AvgIpc) is 2.74. The van der Waals surface area contributed by atoms with Crippen molar-refractivity contribution < 1.29 is 14.3 Å². The highest BCUT2D eigenvalue weighted by atomic mass is 16.3. The van der Waals surface area contributed by atoms with Crippen molar-refractivity contribution in [3.63, 3.8) is 0 Å². The van der Waals surface area contributed by atoms with Crippen molar-refractivity contribution in [1.29, 1.82) is 0 Å². The summed E-state index contributed by atoms with van der Waals surface area (Å²) in [6.07, 6.45) is 0.539. The number of para-hydroxylation sites is 1. The van der Waals surface area contributed by atoms with Crippen molar-refractivity contribution in [2.24, 2.45) is 0 Å². The Hall–Kier alpha value is -2.01. The molecule has 0 spiro atoms. The summed E-state index contributed by atoms with van der Waals surface area (Å²) < 4.78 is 5.72. The zero-order valence-corrected chi connectivity index (χ0v) is 11.8. The summed E-state index contributed by atoms with van der Waals surface area (Å²) in [6.45, 7) is 4.24. The van der Waals surface area contributed by atoms with Gasteiger partial charge >= 0.3 is 6.03 Å². The van der Waals surface area contributed by atoms with Gasteiger partial charge < -0.3 is 20.2 Å². The first-order chi connectivity index (χ1) is 9.61. The fourth-order valence-electron chi connectivity index (χ4n) is 2.09. The van der Waals surface area contributed by atoms with Crippen LogP contribution in [0.15, 0.2) is 28.7 Å². The number of carbonyl (C=O) groups is 1. The maximum Gasteiger partial charge on any atom is 0.315 e. The Morgan fingerprint density at radius 2 is 2.15 bits per heavy atom. The minimum absolute atomic E-state index is 0.0585. The fourth-order valence-corrected chi connectivity index (χ4v) is 2.09. The van der Waals surface area contributed by atoms with Crippen LogP contribution in [0, 0.1) is 6.92 Å². The lowest BCUT2D eigenvalue weighted by Crippen LogP contribution is -2.40. The Bertz CT molecular complexity index is 592. The SMILES string of the molecule is Cc1c(CNC(=O)N[C@H](C)CCO)oc2ccccc12. The molecule has 0 fully saturated rings. The van der Waals surface area contributed by atoms with Gasteiger partial charge in [0.25, 0.3) is 0 Å². The van der Waals surface area contributed by atoms with Gasteiger partial charge in [-0.2, -0.15) is 0 Å². The van der Waals surface area contributed by atoms with E-state index >= 15 is 0 Å². The lowest BCUT2D eigenvalue weighted by molar-refractivity contribution is 0.230. The van der Waals surface area contributed by atoms with E-state index in [0.717, 1.165) is 22.3 Å². The Balaban J connectivity index is 1.95. The van der Waals surface area contributed by atoms with Gasteiger partial charge in [0.05, 0.1) is 6.54 Å². The summed E-state index contributed by atoms with van der Waals surface area (Å²) in [6, 6.07) is 7.48. The number of amides is 2. The topological polar surface area (TPSA) is 74.5 Å². The molecule has 5 heteroatoms. The van der Waals surface area contributed by atoms with Gasteiger partial charge in [-0.25, -0.2) is 4.79 Å². The predicted octanol–water partition coefficient (Wildman–Crippen LogP) is 2.31. The second kappa shape index (κ2) is 6.43. The normalized spacial score (nSPS) is 12.3. The van der Waals surface area contributed by atoms with Crippen LogP contribution in [0.5, 0.6) is 0 Å². The Labute approximate surface area is 118 Å². The number of benzene rings is 1. The molecule has 1 aromatic carbocycles. The molecule has 0 aliphatic rings. The second-order valence-electron chi connectivity index (χ2n) is 4.89. The standard InChI is InChI=1S/C15H20N2O3/c1-10(7-8-18)17-15(19)16-9-14-11(2)12-5-3-4-6-13(12)20-14/h3-6,10,18H,7-9H2,1-2H3,(H2,16,17,19)/t10-/m1/s1. The van der Waals surface area contributed by atoms with E-state index in [4.69, 9.17) is 9.52 Å². The summed E-state index contributed by atoms with van der Waals surface area (Å²) in [5, 5.41) is 15.4. The number of nitrogens with one attached hydrogen (secondary N) is 2. The molecule has 3 N–H and O–H groups in total. The number of furan rings is 1. The van der Waals surface area contributed by atoms with Gasteiger partial charge in [-0.05, 0) is 26.3 Å². The lowest BCUT2D eigenvalue weighted by atomic mass is 10.1. The number of urea groups is 1. The minimum atomic E-state index is -0.259. The first-order valence-electron chi connectivity index (χ1n) is 6.74. The van der Waals surface area contributed by atoms with E-state index in [1.807, 2.05) is 38.1 Å². The van der Waals surface area contributed by atoms with Crippen molar-refractivity contribution in [2.75, 3.05) is 6.61 Å². The summed E-state index contributed by atoms with van der Waals surface area (Å²) in [4.78, 5) is 11.7. The van der Waals surface area contributed by atoms with Crippen LogP contribution in [-0.2, 0) is 6.54 Å². The summed E-state index contributed by atoms with van der Waals surface area (Å²) in [5.41, 5.74) is 1.88. The Kier molecular flexibility index (Phi) is 4.63. The molecule has 2 rings (SSSR count). The number of hydrogen-bond donors (Lipinski definition) is 3. The number of aliphatic hydroxyl groups is 1. The van der Waals surface area contributed by atoms with Gasteiger partial charge in [0.2, 0.25) is 0 Å². The molecule has 0 bridgehead atoms. The van der Waals surface area contributed by atoms with E-state index in [9.17, 15) is 4.79 Å². The molecule has 0 radical (unpaired) electrons. The van der Waals surface area contributed by atoms with Crippen LogP contribution in [0.1, 0.15) is 24.7 Å². The van der Waals surface area contributed by atoms with Crippen LogP contribution in [-0.4, -0.2) is 23.8 Å². The van der Waals surface area contributed by atoms with Gasteiger partial charge in [0.1, 0.15) is 11.3 Å². The molecular weight excluding hydrogens is 256 g/mol. The minimum Gasteiger partial charge on any atom is -0.459 e. The number of aliphatic hydroxyl groups excluding tert-OH is 1. The van der Waals surface area contributed by atoms with Crippen LogP contribution >= 0.6 is 0 Å². The molecular formula is C15H20N2O3. The van der Waals surface area contributed by atoms with E-state index in [-0.39, 0.29) is 18.7 Å². The molecule has 0 aliphatic carbocycles. The smallest absolute Gasteiger partial charge is 0.315 e. The van der Waals surface area contributed by atoms with E-state index in [1.54, 1.807) is 0 Å². The third-order valence-electron chi connectivity index (χ3n) is 3.29. The van der Waals surface area contributed by atoms with Gasteiger partial charge in [0.15, 0.2) is 0 Å². The number of hydrogen-bond acceptors (Lipinski definition) is 3. The molecule has 0 unspecified atom stereocenters. The molecule has 0 saturated heterocycles. The predicted molar refractivity (Wildman–Crippen MR) is 77.5 cm³/mol. The maximum atomic E-state index is 11.7. The first kappa shape index (κ1) is 14.4. The zero-order chi connectivity index (χ0) is 14.5. The summed E-state index contributed by atoms with van der Waals surface area (Å²) in [7, 11) is 0. The third kappa shape index (κ3) is 3.30. The molecule has 108 valence electrons. The molecule has 1 heterocycles. The number of rotatable bonds is 5. The molecule has 5 nitrogen and oxygen atoms in total. The Morgan fingerprint density at radius 3 is 2.85 bits per heavy atom. The van der Waals surface area contributed by atoms with Crippen molar-refractivity contribution >= 4 is 17.0 Å².